The van der Waals surface area contributed by atoms with E-state index in [9.17, 15) is 22.8 Å². The molecule has 2 rings (SSSR count). The molecule has 1 aliphatic rings. The number of nitrogens with one attached hydrogen (secondary N) is 2. The van der Waals surface area contributed by atoms with Crippen LogP contribution in [0.2, 0.25) is 0 Å². The van der Waals surface area contributed by atoms with Crippen molar-refractivity contribution in [3.8, 4) is 5.75 Å². The molecule has 0 saturated carbocycles. The zero-order chi connectivity index (χ0) is 16.8. The molecule has 1 atom stereocenters. The van der Waals surface area contributed by atoms with Gasteiger partial charge in [-0.2, -0.15) is 8.78 Å². The predicted molar refractivity (Wildman–Crippen MR) is 75.3 cm³/mol. The second-order valence-corrected chi connectivity index (χ2v) is 5.27. The Bertz CT molecular complexity index is 581. The molecule has 1 aromatic carbocycles. The second kappa shape index (κ2) is 7.85. The maximum atomic E-state index is 13.2. The molecule has 1 aromatic rings. The lowest BCUT2D eigenvalue weighted by Crippen LogP contribution is -2.41. The highest BCUT2D eigenvalue weighted by molar-refractivity contribution is 5.80. The summed E-state index contributed by atoms with van der Waals surface area (Å²) >= 11 is 0. The SMILES string of the molecule is O=C(CC1CCCC(=O)N1)NCc1cc(F)ccc1OC(F)F. The Kier molecular flexibility index (Phi) is 5.84. The minimum Gasteiger partial charge on any atom is -0.434 e. The Morgan fingerprint density at radius 3 is 2.91 bits per heavy atom. The van der Waals surface area contributed by atoms with E-state index in [1.165, 1.54) is 0 Å². The van der Waals surface area contributed by atoms with Crippen LogP contribution in [0.15, 0.2) is 18.2 Å². The van der Waals surface area contributed by atoms with Gasteiger partial charge >= 0.3 is 6.61 Å². The fourth-order valence-electron chi connectivity index (χ4n) is 2.42. The fraction of sp³-hybridized carbons (Fsp3) is 0.467. The molecule has 2 N–H and O–H groups in total. The van der Waals surface area contributed by atoms with Crippen molar-refractivity contribution in [2.24, 2.45) is 0 Å². The Labute approximate surface area is 131 Å². The molecule has 126 valence electrons. The zero-order valence-electron chi connectivity index (χ0n) is 12.3. The third-order valence-corrected chi connectivity index (χ3v) is 3.47. The predicted octanol–water partition coefficient (Wildman–Crippen LogP) is 2.10. The molecule has 1 fully saturated rings. The number of benzene rings is 1. The number of halogens is 3. The fourth-order valence-corrected chi connectivity index (χ4v) is 2.42. The second-order valence-electron chi connectivity index (χ2n) is 5.27. The number of carbonyl (C=O) groups excluding carboxylic acids is 2. The van der Waals surface area contributed by atoms with Crippen molar-refractivity contribution < 1.29 is 27.5 Å². The largest absolute Gasteiger partial charge is 0.434 e. The zero-order valence-corrected chi connectivity index (χ0v) is 12.3. The summed E-state index contributed by atoms with van der Waals surface area (Å²) in [4.78, 5) is 23.1. The van der Waals surface area contributed by atoms with Crippen molar-refractivity contribution >= 4 is 11.8 Å². The molecule has 1 unspecified atom stereocenters. The van der Waals surface area contributed by atoms with Crippen LogP contribution >= 0.6 is 0 Å². The van der Waals surface area contributed by atoms with E-state index in [1.807, 2.05) is 0 Å². The summed E-state index contributed by atoms with van der Waals surface area (Å²) < 4.78 is 42.1. The highest BCUT2D eigenvalue weighted by Crippen LogP contribution is 2.21. The first-order valence-electron chi connectivity index (χ1n) is 7.23. The Hall–Kier alpha value is -2.25. The topological polar surface area (TPSA) is 67.4 Å². The molecule has 1 heterocycles. The third kappa shape index (κ3) is 5.46. The highest BCUT2D eigenvalue weighted by atomic mass is 19.3. The summed E-state index contributed by atoms with van der Waals surface area (Å²) in [6.07, 6.45) is 1.97. The molecule has 0 bridgehead atoms. The molecule has 5 nitrogen and oxygen atoms in total. The van der Waals surface area contributed by atoms with Crippen LogP contribution in [0.1, 0.15) is 31.2 Å². The van der Waals surface area contributed by atoms with Crippen molar-refractivity contribution in [3.05, 3.63) is 29.6 Å². The molecule has 1 saturated heterocycles. The van der Waals surface area contributed by atoms with Crippen LogP contribution in [0.25, 0.3) is 0 Å². The highest BCUT2D eigenvalue weighted by Gasteiger charge is 2.21. The van der Waals surface area contributed by atoms with Crippen molar-refractivity contribution in [1.82, 2.24) is 10.6 Å². The van der Waals surface area contributed by atoms with E-state index in [2.05, 4.69) is 15.4 Å². The van der Waals surface area contributed by atoms with E-state index in [4.69, 9.17) is 0 Å². The number of alkyl halides is 2. The Morgan fingerprint density at radius 2 is 2.22 bits per heavy atom. The number of rotatable bonds is 6. The number of hydrogen-bond acceptors (Lipinski definition) is 3. The lowest BCUT2D eigenvalue weighted by atomic mass is 10.0. The van der Waals surface area contributed by atoms with E-state index >= 15 is 0 Å². The van der Waals surface area contributed by atoms with Gasteiger partial charge in [0.1, 0.15) is 11.6 Å². The van der Waals surface area contributed by atoms with Crippen LogP contribution in [-0.4, -0.2) is 24.5 Å². The van der Waals surface area contributed by atoms with Crippen LogP contribution < -0.4 is 15.4 Å². The number of ether oxygens (including phenoxy) is 1. The maximum Gasteiger partial charge on any atom is 0.387 e. The molecule has 0 radical (unpaired) electrons. The van der Waals surface area contributed by atoms with Crippen molar-refractivity contribution in [2.45, 2.75) is 44.9 Å². The number of hydrogen-bond donors (Lipinski definition) is 2. The lowest BCUT2D eigenvalue weighted by molar-refractivity contribution is -0.125. The summed E-state index contributed by atoms with van der Waals surface area (Å²) in [6.45, 7) is -3.17. The van der Waals surface area contributed by atoms with Gasteiger partial charge in [0.2, 0.25) is 11.8 Å². The van der Waals surface area contributed by atoms with Crippen LogP contribution in [0.3, 0.4) is 0 Å². The summed E-state index contributed by atoms with van der Waals surface area (Å²) in [5.74, 6) is -1.25. The van der Waals surface area contributed by atoms with Gasteiger partial charge < -0.3 is 15.4 Å². The van der Waals surface area contributed by atoms with Crippen molar-refractivity contribution in [1.29, 1.82) is 0 Å². The van der Waals surface area contributed by atoms with Gasteiger partial charge in [-0.3, -0.25) is 9.59 Å². The first kappa shape index (κ1) is 17.1. The summed E-state index contributed by atoms with van der Waals surface area (Å²) in [5, 5.41) is 5.23. The first-order valence-corrected chi connectivity index (χ1v) is 7.23. The number of piperidine rings is 1. The molecule has 0 aromatic heterocycles. The average molecular weight is 330 g/mol. The van der Waals surface area contributed by atoms with Crippen LogP contribution in [0.4, 0.5) is 13.2 Å². The smallest absolute Gasteiger partial charge is 0.387 e. The Balaban J connectivity index is 1.90. The molecule has 0 spiro atoms. The van der Waals surface area contributed by atoms with E-state index < -0.39 is 12.4 Å². The minimum absolute atomic E-state index is 0.0894. The minimum atomic E-state index is -3.03. The van der Waals surface area contributed by atoms with E-state index in [0.29, 0.717) is 12.8 Å². The molecular formula is C15H17F3N2O3. The average Bonchev–Trinajstić information content (AvgIpc) is 2.47. The lowest BCUT2D eigenvalue weighted by Gasteiger charge is -2.22. The molecule has 0 aliphatic carbocycles. The van der Waals surface area contributed by atoms with Gasteiger partial charge in [0.15, 0.2) is 0 Å². The third-order valence-electron chi connectivity index (χ3n) is 3.47. The van der Waals surface area contributed by atoms with Crippen molar-refractivity contribution in [2.75, 3.05) is 0 Å². The van der Waals surface area contributed by atoms with Crippen LogP contribution in [0.5, 0.6) is 5.75 Å². The summed E-state index contributed by atoms with van der Waals surface area (Å²) in [6, 6.07) is 2.88. The van der Waals surface area contributed by atoms with E-state index in [-0.39, 0.29) is 42.1 Å². The van der Waals surface area contributed by atoms with Gasteiger partial charge in [-0.05, 0) is 31.0 Å². The van der Waals surface area contributed by atoms with Gasteiger partial charge in [-0.1, -0.05) is 0 Å². The molecule has 8 heteroatoms. The van der Waals surface area contributed by atoms with E-state index in [0.717, 1.165) is 24.6 Å². The quantitative estimate of drug-likeness (QED) is 0.839. The molecule has 2 amide bonds. The maximum absolute atomic E-state index is 13.2. The normalized spacial score (nSPS) is 17.7. The van der Waals surface area contributed by atoms with Gasteiger partial charge in [-0.15, -0.1) is 0 Å². The summed E-state index contributed by atoms with van der Waals surface area (Å²) in [5.41, 5.74) is 0.117. The molecule has 1 aliphatic heterocycles. The van der Waals surface area contributed by atoms with Gasteiger partial charge in [0, 0.05) is 31.0 Å². The van der Waals surface area contributed by atoms with Crippen LogP contribution in [-0.2, 0) is 16.1 Å². The number of amides is 2. The Morgan fingerprint density at radius 1 is 1.43 bits per heavy atom. The number of carbonyl (C=O) groups is 2. The monoisotopic (exact) mass is 330 g/mol. The molecular weight excluding hydrogens is 313 g/mol. The first-order chi connectivity index (χ1) is 10.9. The van der Waals surface area contributed by atoms with Crippen molar-refractivity contribution in [3.63, 3.8) is 0 Å². The summed E-state index contributed by atoms with van der Waals surface area (Å²) in [7, 11) is 0. The van der Waals surface area contributed by atoms with Gasteiger partial charge in [-0.25, -0.2) is 4.39 Å². The van der Waals surface area contributed by atoms with Crippen LogP contribution in [0, 0.1) is 5.82 Å². The van der Waals surface area contributed by atoms with Gasteiger partial charge in [0.05, 0.1) is 0 Å². The molecule has 23 heavy (non-hydrogen) atoms. The standard InChI is InChI=1S/C15H17F3N2O3/c16-10-4-5-12(23-15(17)18)9(6-10)8-19-14(22)7-11-2-1-3-13(21)20-11/h4-6,11,15H,1-3,7-8H2,(H,19,22)(H,20,21). The van der Waals surface area contributed by atoms with Gasteiger partial charge in [0.25, 0.3) is 0 Å². The van der Waals surface area contributed by atoms with E-state index in [1.54, 1.807) is 0 Å².